The van der Waals surface area contributed by atoms with Crippen LogP contribution in [0.25, 0.3) is 16.6 Å². The third-order valence-corrected chi connectivity index (χ3v) is 4.90. The minimum Gasteiger partial charge on any atom is -0.353 e. The van der Waals surface area contributed by atoms with E-state index in [-0.39, 0.29) is 0 Å². The first-order valence-electron chi connectivity index (χ1n) is 8.76. The zero-order chi connectivity index (χ0) is 16.5. The monoisotopic (exact) mass is 320 g/mol. The van der Waals surface area contributed by atoms with E-state index in [9.17, 15) is 0 Å². The highest BCUT2D eigenvalue weighted by Crippen LogP contribution is 2.30. The number of hydrogen-bond acceptors (Lipinski definition) is 3. The van der Waals surface area contributed by atoms with Gasteiger partial charge in [-0.2, -0.15) is 5.10 Å². The molecule has 0 atom stereocenters. The van der Waals surface area contributed by atoms with E-state index in [0.717, 1.165) is 37.4 Å². The lowest BCUT2D eigenvalue weighted by Crippen LogP contribution is -2.49. The molecule has 2 heterocycles. The summed E-state index contributed by atoms with van der Waals surface area (Å²) in [4.78, 5) is 5.03. The molecular formula is C20H24N4. The highest BCUT2D eigenvalue weighted by Gasteiger charge is 2.24. The van der Waals surface area contributed by atoms with Gasteiger partial charge >= 0.3 is 0 Å². The molecule has 4 nitrogen and oxygen atoms in total. The van der Waals surface area contributed by atoms with E-state index < -0.39 is 0 Å². The Morgan fingerprint density at radius 1 is 0.833 bits per heavy atom. The number of nitrogens with zero attached hydrogens (tertiary/aromatic N) is 4. The fourth-order valence-electron chi connectivity index (χ4n) is 3.52. The molecule has 2 aromatic carbocycles. The van der Waals surface area contributed by atoms with Gasteiger partial charge in [0.05, 0.1) is 11.2 Å². The second-order valence-corrected chi connectivity index (χ2v) is 6.70. The average Bonchev–Trinajstić information content (AvgIpc) is 3.02. The number of para-hydroxylation sites is 1. The predicted molar refractivity (Wildman–Crippen MR) is 100.0 cm³/mol. The topological polar surface area (TPSA) is 24.3 Å². The standard InChI is InChI=1S/C20H24N4/c1-16(2)22-12-14-23(15-13-22)20-18-10-6-7-11-19(18)21-24(20)17-8-4-3-5-9-17/h3-11,16H,12-15H2,1-2H3. The molecule has 0 unspecified atom stereocenters. The zero-order valence-electron chi connectivity index (χ0n) is 14.4. The zero-order valence-corrected chi connectivity index (χ0v) is 14.4. The van der Waals surface area contributed by atoms with Crippen molar-refractivity contribution < 1.29 is 0 Å². The van der Waals surface area contributed by atoms with Crippen molar-refractivity contribution in [3.05, 3.63) is 54.6 Å². The van der Waals surface area contributed by atoms with Crippen molar-refractivity contribution in [2.24, 2.45) is 0 Å². The molecule has 0 bridgehead atoms. The molecule has 24 heavy (non-hydrogen) atoms. The summed E-state index contributed by atoms with van der Waals surface area (Å²) in [6.07, 6.45) is 0. The molecule has 3 aromatic rings. The Morgan fingerprint density at radius 3 is 2.21 bits per heavy atom. The minimum absolute atomic E-state index is 0.614. The van der Waals surface area contributed by atoms with Crippen LogP contribution in [0.5, 0.6) is 0 Å². The van der Waals surface area contributed by atoms with Gasteiger partial charge in [-0.3, -0.25) is 4.90 Å². The van der Waals surface area contributed by atoms with Gasteiger partial charge < -0.3 is 4.90 Å². The van der Waals surface area contributed by atoms with Crippen LogP contribution in [0, 0.1) is 0 Å². The maximum atomic E-state index is 4.87. The number of aromatic nitrogens is 2. The summed E-state index contributed by atoms with van der Waals surface area (Å²) in [5, 5.41) is 6.11. The Hall–Kier alpha value is -2.33. The summed E-state index contributed by atoms with van der Waals surface area (Å²) in [6.45, 7) is 8.85. The van der Waals surface area contributed by atoms with Gasteiger partial charge in [-0.05, 0) is 38.1 Å². The molecule has 124 valence electrons. The summed E-state index contributed by atoms with van der Waals surface area (Å²) in [6, 6.07) is 19.5. The van der Waals surface area contributed by atoms with Crippen molar-refractivity contribution in [1.29, 1.82) is 0 Å². The molecule has 1 saturated heterocycles. The first-order valence-corrected chi connectivity index (χ1v) is 8.76. The fourth-order valence-corrected chi connectivity index (χ4v) is 3.52. The maximum Gasteiger partial charge on any atom is 0.140 e. The average molecular weight is 320 g/mol. The number of rotatable bonds is 3. The smallest absolute Gasteiger partial charge is 0.140 e. The van der Waals surface area contributed by atoms with E-state index in [1.165, 1.54) is 11.2 Å². The molecule has 1 fully saturated rings. The van der Waals surface area contributed by atoms with Gasteiger partial charge in [-0.15, -0.1) is 0 Å². The lowest BCUT2D eigenvalue weighted by molar-refractivity contribution is 0.209. The molecule has 0 aliphatic carbocycles. The number of piperazine rings is 1. The third kappa shape index (κ3) is 2.67. The SMILES string of the molecule is CC(C)N1CCN(c2c3ccccc3nn2-c2ccccc2)CC1. The first-order chi connectivity index (χ1) is 11.7. The molecule has 4 rings (SSSR count). The van der Waals surface area contributed by atoms with Crippen molar-refractivity contribution in [3.63, 3.8) is 0 Å². The van der Waals surface area contributed by atoms with Gasteiger partial charge in [0.2, 0.25) is 0 Å². The highest BCUT2D eigenvalue weighted by atomic mass is 15.4. The summed E-state index contributed by atoms with van der Waals surface area (Å²) in [7, 11) is 0. The van der Waals surface area contributed by atoms with Crippen LogP contribution in [0.2, 0.25) is 0 Å². The van der Waals surface area contributed by atoms with E-state index in [2.05, 4.69) is 76.9 Å². The Morgan fingerprint density at radius 2 is 1.50 bits per heavy atom. The van der Waals surface area contributed by atoms with Crippen LogP contribution in [0.4, 0.5) is 5.82 Å². The van der Waals surface area contributed by atoms with Crippen LogP contribution in [0.1, 0.15) is 13.8 Å². The van der Waals surface area contributed by atoms with Crippen LogP contribution in [-0.2, 0) is 0 Å². The number of hydrogen-bond donors (Lipinski definition) is 0. The molecular weight excluding hydrogens is 296 g/mol. The van der Waals surface area contributed by atoms with E-state index in [1.54, 1.807) is 0 Å². The minimum atomic E-state index is 0.614. The molecule has 0 N–H and O–H groups in total. The molecule has 0 spiro atoms. The molecule has 0 saturated carbocycles. The largest absolute Gasteiger partial charge is 0.353 e. The molecule has 0 amide bonds. The van der Waals surface area contributed by atoms with Crippen LogP contribution in [0.3, 0.4) is 0 Å². The van der Waals surface area contributed by atoms with Crippen LogP contribution >= 0.6 is 0 Å². The molecule has 4 heteroatoms. The molecule has 1 aromatic heterocycles. The van der Waals surface area contributed by atoms with Gasteiger partial charge in [0.15, 0.2) is 0 Å². The highest BCUT2D eigenvalue weighted by molar-refractivity contribution is 5.91. The van der Waals surface area contributed by atoms with E-state index in [4.69, 9.17) is 5.10 Å². The first kappa shape index (κ1) is 15.2. The summed E-state index contributed by atoms with van der Waals surface area (Å²) >= 11 is 0. The summed E-state index contributed by atoms with van der Waals surface area (Å²) in [5.74, 6) is 1.22. The molecule has 0 radical (unpaired) electrons. The van der Waals surface area contributed by atoms with Gasteiger partial charge in [0.25, 0.3) is 0 Å². The van der Waals surface area contributed by atoms with E-state index in [0.29, 0.717) is 6.04 Å². The van der Waals surface area contributed by atoms with E-state index >= 15 is 0 Å². The number of fused-ring (bicyclic) bond motifs is 1. The Kier molecular flexibility index (Phi) is 3.98. The van der Waals surface area contributed by atoms with Gasteiger partial charge in [0, 0.05) is 37.6 Å². The van der Waals surface area contributed by atoms with Crippen molar-refractivity contribution in [1.82, 2.24) is 14.7 Å². The van der Waals surface area contributed by atoms with Gasteiger partial charge in [0.1, 0.15) is 5.82 Å². The van der Waals surface area contributed by atoms with Gasteiger partial charge in [-0.1, -0.05) is 30.3 Å². The summed E-state index contributed by atoms with van der Waals surface area (Å²) in [5.41, 5.74) is 2.18. The van der Waals surface area contributed by atoms with Crippen LogP contribution in [0.15, 0.2) is 54.6 Å². The maximum absolute atomic E-state index is 4.87. The fraction of sp³-hybridized carbons (Fsp3) is 0.350. The molecule has 1 aliphatic heterocycles. The molecule has 1 aliphatic rings. The van der Waals surface area contributed by atoms with Crippen molar-refractivity contribution >= 4 is 16.7 Å². The van der Waals surface area contributed by atoms with Crippen molar-refractivity contribution in [3.8, 4) is 5.69 Å². The normalized spacial score (nSPS) is 16.2. The quantitative estimate of drug-likeness (QED) is 0.737. The second kappa shape index (κ2) is 6.29. The third-order valence-electron chi connectivity index (χ3n) is 4.90. The van der Waals surface area contributed by atoms with Crippen LogP contribution in [-0.4, -0.2) is 46.9 Å². The summed E-state index contributed by atoms with van der Waals surface area (Å²) < 4.78 is 2.11. The van der Waals surface area contributed by atoms with Crippen LogP contribution < -0.4 is 4.90 Å². The predicted octanol–water partition coefficient (Wildman–Crippen LogP) is 3.56. The Labute approximate surface area is 143 Å². The number of anilines is 1. The van der Waals surface area contributed by atoms with Crippen molar-refractivity contribution in [2.75, 3.05) is 31.1 Å². The van der Waals surface area contributed by atoms with Gasteiger partial charge in [-0.25, -0.2) is 4.68 Å². The second-order valence-electron chi connectivity index (χ2n) is 6.70. The lowest BCUT2D eigenvalue weighted by atomic mass is 10.2. The number of benzene rings is 2. The van der Waals surface area contributed by atoms with E-state index in [1.807, 2.05) is 6.07 Å². The lowest BCUT2D eigenvalue weighted by Gasteiger charge is -2.38. The van der Waals surface area contributed by atoms with Crippen molar-refractivity contribution in [2.45, 2.75) is 19.9 Å². The Balaban J connectivity index is 1.77. The Bertz CT molecular complexity index is 814.